The molecule has 0 saturated heterocycles. The van der Waals surface area contributed by atoms with Gasteiger partial charge in [-0.05, 0) is 18.4 Å². The van der Waals surface area contributed by atoms with E-state index in [0.29, 0.717) is 12.8 Å². The highest BCUT2D eigenvalue weighted by Crippen LogP contribution is 2.06. The second-order valence-electron chi connectivity index (χ2n) is 4.43. The van der Waals surface area contributed by atoms with Gasteiger partial charge < -0.3 is 10.2 Å². The Balaban J connectivity index is 2.72. The van der Waals surface area contributed by atoms with Gasteiger partial charge in [-0.3, -0.25) is 14.9 Å². The van der Waals surface area contributed by atoms with Crippen LogP contribution in [0.5, 0.6) is 0 Å². The average molecular weight is 265 g/mol. The molecular formula is C14H19NO4. The molecule has 0 heterocycles. The number of carboxylic acids is 2. The predicted octanol–water partition coefficient (Wildman–Crippen LogP) is 1.53. The number of carboxylic acid groups (broad SMARTS) is 2. The third-order valence-electron chi connectivity index (χ3n) is 2.86. The van der Waals surface area contributed by atoms with Crippen LogP contribution in [0.25, 0.3) is 0 Å². The SMILES string of the molecule is CCCC(N[C@@H](Cc1ccccc1)C(=O)O)C(=O)O. The second kappa shape index (κ2) is 7.53. The molecule has 3 N–H and O–H groups in total. The number of carbonyl (C=O) groups is 2. The molecule has 0 fully saturated rings. The van der Waals surface area contributed by atoms with Crippen LogP contribution < -0.4 is 5.32 Å². The van der Waals surface area contributed by atoms with Crippen molar-refractivity contribution in [2.24, 2.45) is 0 Å². The zero-order valence-electron chi connectivity index (χ0n) is 10.9. The van der Waals surface area contributed by atoms with Crippen LogP contribution in [-0.2, 0) is 16.0 Å². The highest BCUT2D eigenvalue weighted by atomic mass is 16.4. The van der Waals surface area contributed by atoms with Crippen LogP contribution in [0.15, 0.2) is 30.3 Å². The number of hydrogen-bond donors (Lipinski definition) is 3. The monoisotopic (exact) mass is 265 g/mol. The molecule has 1 aromatic rings. The summed E-state index contributed by atoms with van der Waals surface area (Å²) in [7, 11) is 0. The van der Waals surface area contributed by atoms with Crippen LogP contribution in [0.3, 0.4) is 0 Å². The first-order chi connectivity index (χ1) is 9.04. The number of rotatable bonds is 8. The van der Waals surface area contributed by atoms with Crippen LogP contribution in [0.2, 0.25) is 0 Å². The van der Waals surface area contributed by atoms with Crippen LogP contribution in [-0.4, -0.2) is 34.2 Å². The van der Waals surface area contributed by atoms with Crippen molar-refractivity contribution in [1.29, 1.82) is 0 Å². The first-order valence-electron chi connectivity index (χ1n) is 6.30. The summed E-state index contributed by atoms with van der Waals surface area (Å²) >= 11 is 0. The molecule has 0 amide bonds. The molecule has 0 aliphatic rings. The number of aliphatic carboxylic acids is 2. The summed E-state index contributed by atoms with van der Waals surface area (Å²) in [5, 5.41) is 20.9. The van der Waals surface area contributed by atoms with Crippen LogP contribution in [0, 0.1) is 0 Å². The molecule has 0 radical (unpaired) electrons. The Labute approximate surface area is 112 Å². The first kappa shape index (κ1) is 15.2. The van der Waals surface area contributed by atoms with Gasteiger partial charge in [0.15, 0.2) is 0 Å². The fraction of sp³-hybridized carbons (Fsp3) is 0.429. The fourth-order valence-corrected chi connectivity index (χ4v) is 1.88. The Kier molecular flexibility index (Phi) is 6.02. The van der Waals surface area contributed by atoms with Crippen molar-refractivity contribution < 1.29 is 19.8 Å². The van der Waals surface area contributed by atoms with E-state index < -0.39 is 24.0 Å². The van der Waals surface area contributed by atoms with Crippen molar-refractivity contribution in [3.05, 3.63) is 35.9 Å². The van der Waals surface area contributed by atoms with Gasteiger partial charge in [-0.15, -0.1) is 0 Å². The Morgan fingerprint density at radius 1 is 1.11 bits per heavy atom. The summed E-state index contributed by atoms with van der Waals surface area (Å²) in [6.45, 7) is 1.87. The largest absolute Gasteiger partial charge is 0.480 e. The maximum Gasteiger partial charge on any atom is 0.321 e. The van der Waals surface area contributed by atoms with Crippen molar-refractivity contribution >= 4 is 11.9 Å². The summed E-state index contributed by atoms with van der Waals surface area (Å²) < 4.78 is 0. The normalized spacial score (nSPS) is 13.7. The minimum absolute atomic E-state index is 0.268. The van der Waals surface area contributed by atoms with E-state index >= 15 is 0 Å². The summed E-state index contributed by atoms with van der Waals surface area (Å²) in [6.07, 6.45) is 1.36. The number of nitrogens with one attached hydrogen (secondary N) is 1. The van der Waals surface area contributed by atoms with Gasteiger partial charge in [-0.2, -0.15) is 0 Å². The molecule has 0 aliphatic carbocycles. The third kappa shape index (κ3) is 5.09. The second-order valence-corrected chi connectivity index (χ2v) is 4.43. The minimum atomic E-state index is -1.04. The van der Waals surface area contributed by atoms with Crippen molar-refractivity contribution in [3.8, 4) is 0 Å². The molecule has 0 spiro atoms. The van der Waals surface area contributed by atoms with Gasteiger partial charge in [-0.1, -0.05) is 43.7 Å². The van der Waals surface area contributed by atoms with Crippen LogP contribution >= 0.6 is 0 Å². The maximum atomic E-state index is 11.2. The van der Waals surface area contributed by atoms with Gasteiger partial charge in [0.1, 0.15) is 12.1 Å². The van der Waals surface area contributed by atoms with E-state index in [0.717, 1.165) is 5.56 Å². The Morgan fingerprint density at radius 2 is 1.68 bits per heavy atom. The number of benzene rings is 1. The van der Waals surface area contributed by atoms with Gasteiger partial charge in [-0.25, -0.2) is 0 Å². The van der Waals surface area contributed by atoms with Gasteiger partial charge in [0.2, 0.25) is 0 Å². The smallest absolute Gasteiger partial charge is 0.321 e. The molecule has 2 atom stereocenters. The maximum absolute atomic E-state index is 11.2. The average Bonchev–Trinajstić information content (AvgIpc) is 2.38. The molecule has 0 aromatic heterocycles. The summed E-state index contributed by atoms with van der Waals surface area (Å²) in [5.74, 6) is -2.05. The van der Waals surface area contributed by atoms with E-state index in [2.05, 4.69) is 5.32 Å². The minimum Gasteiger partial charge on any atom is -0.480 e. The molecule has 1 aromatic carbocycles. The van der Waals surface area contributed by atoms with E-state index in [1.165, 1.54) is 0 Å². The van der Waals surface area contributed by atoms with Crippen LogP contribution in [0.1, 0.15) is 25.3 Å². The molecule has 0 aliphatic heterocycles. The first-order valence-corrected chi connectivity index (χ1v) is 6.30. The van der Waals surface area contributed by atoms with Crippen molar-refractivity contribution in [2.45, 2.75) is 38.3 Å². The number of hydrogen-bond acceptors (Lipinski definition) is 3. The fourth-order valence-electron chi connectivity index (χ4n) is 1.88. The summed E-state index contributed by atoms with van der Waals surface area (Å²) in [6, 6.07) is 7.44. The van der Waals surface area contributed by atoms with Gasteiger partial charge >= 0.3 is 11.9 Å². The topological polar surface area (TPSA) is 86.6 Å². The molecule has 5 heteroatoms. The zero-order chi connectivity index (χ0) is 14.3. The lowest BCUT2D eigenvalue weighted by Crippen LogP contribution is -2.48. The van der Waals surface area contributed by atoms with E-state index in [4.69, 9.17) is 5.11 Å². The Bertz CT molecular complexity index is 419. The molecule has 0 saturated carbocycles. The van der Waals surface area contributed by atoms with Gasteiger partial charge in [0, 0.05) is 0 Å². The molecular weight excluding hydrogens is 246 g/mol. The highest BCUT2D eigenvalue weighted by Gasteiger charge is 2.25. The Morgan fingerprint density at radius 3 is 2.16 bits per heavy atom. The van der Waals surface area contributed by atoms with E-state index in [1.54, 1.807) is 0 Å². The van der Waals surface area contributed by atoms with E-state index in [9.17, 15) is 14.7 Å². The molecule has 1 unspecified atom stereocenters. The molecule has 104 valence electrons. The zero-order valence-corrected chi connectivity index (χ0v) is 10.9. The highest BCUT2D eigenvalue weighted by molar-refractivity contribution is 5.77. The van der Waals surface area contributed by atoms with E-state index in [-0.39, 0.29) is 6.42 Å². The lowest BCUT2D eigenvalue weighted by Gasteiger charge is -2.20. The molecule has 5 nitrogen and oxygen atoms in total. The third-order valence-corrected chi connectivity index (χ3v) is 2.86. The molecule has 1 rings (SSSR count). The van der Waals surface area contributed by atoms with Crippen molar-refractivity contribution in [3.63, 3.8) is 0 Å². The van der Waals surface area contributed by atoms with Gasteiger partial charge in [0.25, 0.3) is 0 Å². The lowest BCUT2D eigenvalue weighted by atomic mass is 10.0. The standard InChI is InChI=1S/C14H19NO4/c1-2-6-11(13(16)17)15-12(14(18)19)9-10-7-4-3-5-8-10/h3-5,7-8,11-12,15H,2,6,9H2,1H3,(H,16,17)(H,18,19)/t11?,12-/m0/s1. The predicted molar refractivity (Wildman–Crippen MR) is 71.0 cm³/mol. The van der Waals surface area contributed by atoms with Crippen molar-refractivity contribution in [1.82, 2.24) is 5.32 Å². The molecule has 19 heavy (non-hydrogen) atoms. The van der Waals surface area contributed by atoms with Crippen LogP contribution in [0.4, 0.5) is 0 Å². The van der Waals surface area contributed by atoms with E-state index in [1.807, 2.05) is 37.3 Å². The van der Waals surface area contributed by atoms with Crippen molar-refractivity contribution in [2.75, 3.05) is 0 Å². The molecule has 0 bridgehead atoms. The summed E-state index contributed by atoms with van der Waals surface area (Å²) in [4.78, 5) is 22.3. The quantitative estimate of drug-likeness (QED) is 0.663. The lowest BCUT2D eigenvalue weighted by molar-refractivity contribution is -0.142. The Hall–Kier alpha value is -1.88. The van der Waals surface area contributed by atoms with Gasteiger partial charge in [0.05, 0.1) is 0 Å². The summed E-state index contributed by atoms with van der Waals surface area (Å²) in [5.41, 5.74) is 0.864.